The normalized spacial score (nSPS) is 20.1. The highest BCUT2D eigenvalue weighted by molar-refractivity contribution is 7.99. The Bertz CT molecular complexity index is 300. The molecule has 0 aliphatic heterocycles. The van der Waals surface area contributed by atoms with Gasteiger partial charge in [0.25, 0.3) is 0 Å². The molecule has 1 N–H and O–H groups in total. The van der Waals surface area contributed by atoms with Gasteiger partial charge in [0.05, 0.1) is 0 Å². The van der Waals surface area contributed by atoms with E-state index in [4.69, 9.17) is 0 Å². The van der Waals surface area contributed by atoms with Crippen LogP contribution in [0.25, 0.3) is 0 Å². The second-order valence-corrected chi connectivity index (χ2v) is 5.56. The average Bonchev–Trinajstić information content (AvgIpc) is 2.75. The zero-order chi connectivity index (χ0) is 10.0. The van der Waals surface area contributed by atoms with Crippen LogP contribution in [0.15, 0.2) is 11.4 Å². The topological polar surface area (TPSA) is 28.7 Å². The van der Waals surface area contributed by atoms with Gasteiger partial charge in [0.2, 0.25) is 0 Å². The van der Waals surface area contributed by atoms with Crippen LogP contribution in [0.2, 0.25) is 0 Å². The van der Waals surface area contributed by atoms with Crippen molar-refractivity contribution < 1.29 is 0 Å². The smallest absolute Gasteiger partial charge is 0.165 e. The van der Waals surface area contributed by atoms with Crippen LogP contribution in [0.3, 0.4) is 0 Å². The molecule has 0 spiro atoms. The fourth-order valence-corrected chi connectivity index (χ4v) is 2.83. The molecule has 2 nitrogen and oxygen atoms in total. The van der Waals surface area contributed by atoms with Gasteiger partial charge in [0.1, 0.15) is 0 Å². The summed E-state index contributed by atoms with van der Waals surface area (Å²) in [7, 11) is 0. The van der Waals surface area contributed by atoms with Crippen molar-refractivity contribution in [2.75, 3.05) is 5.75 Å². The van der Waals surface area contributed by atoms with Crippen LogP contribution in [0, 0.1) is 0 Å². The lowest BCUT2D eigenvalue weighted by Crippen LogP contribution is -2.17. The first kappa shape index (κ1) is 10.1. The lowest BCUT2D eigenvalue weighted by atomic mass is 9.86. The van der Waals surface area contributed by atoms with Gasteiger partial charge < -0.3 is 4.98 Å². The molecule has 1 aliphatic carbocycles. The summed E-state index contributed by atoms with van der Waals surface area (Å²) in [5, 5.41) is 1.08. The molecular formula is C11H18N2S. The molecule has 2 rings (SSSR count). The summed E-state index contributed by atoms with van der Waals surface area (Å²) < 4.78 is 0. The van der Waals surface area contributed by atoms with E-state index in [0.717, 1.165) is 10.9 Å². The molecule has 0 amide bonds. The first-order valence-electron chi connectivity index (χ1n) is 5.43. The molecule has 1 heterocycles. The first-order valence-corrected chi connectivity index (χ1v) is 6.41. The number of rotatable bonds is 3. The van der Waals surface area contributed by atoms with Gasteiger partial charge >= 0.3 is 0 Å². The monoisotopic (exact) mass is 210 g/mol. The number of hydrogen-bond donors (Lipinski definition) is 1. The summed E-state index contributed by atoms with van der Waals surface area (Å²) in [6, 6.07) is 0. The van der Waals surface area contributed by atoms with Gasteiger partial charge in [-0.05, 0) is 18.6 Å². The Morgan fingerprint density at radius 3 is 2.86 bits per heavy atom. The quantitative estimate of drug-likeness (QED) is 0.775. The molecule has 1 fully saturated rings. The minimum atomic E-state index is 0.375. The van der Waals surface area contributed by atoms with E-state index in [1.165, 1.54) is 31.4 Å². The lowest BCUT2D eigenvalue weighted by molar-refractivity contribution is 0.476. The molecule has 78 valence electrons. The Kier molecular flexibility index (Phi) is 2.86. The Balaban J connectivity index is 2.15. The Labute approximate surface area is 89.9 Å². The van der Waals surface area contributed by atoms with E-state index in [1.54, 1.807) is 11.8 Å². The SMILES string of the molecule is CCSc1ncc(C2(C)CCCC2)[nH]1. The van der Waals surface area contributed by atoms with Gasteiger partial charge in [-0.25, -0.2) is 4.98 Å². The number of aromatic amines is 1. The predicted octanol–water partition coefficient (Wildman–Crippen LogP) is 3.35. The number of imidazole rings is 1. The maximum absolute atomic E-state index is 4.40. The number of aromatic nitrogens is 2. The van der Waals surface area contributed by atoms with Gasteiger partial charge in [-0.1, -0.05) is 38.5 Å². The minimum absolute atomic E-state index is 0.375. The first-order chi connectivity index (χ1) is 6.74. The molecule has 1 aromatic rings. The number of hydrogen-bond acceptors (Lipinski definition) is 2. The van der Waals surface area contributed by atoms with Crippen LogP contribution in [0.1, 0.15) is 45.2 Å². The fraction of sp³-hybridized carbons (Fsp3) is 0.727. The van der Waals surface area contributed by atoms with Gasteiger partial charge in [0, 0.05) is 17.3 Å². The molecule has 0 radical (unpaired) electrons. The van der Waals surface area contributed by atoms with Crippen molar-refractivity contribution in [2.45, 2.75) is 50.1 Å². The molecule has 1 saturated carbocycles. The van der Waals surface area contributed by atoms with Gasteiger partial charge in [-0.2, -0.15) is 0 Å². The number of thioether (sulfide) groups is 1. The third-order valence-corrected chi connectivity index (χ3v) is 3.96. The average molecular weight is 210 g/mol. The van der Waals surface area contributed by atoms with Crippen molar-refractivity contribution in [2.24, 2.45) is 0 Å². The lowest BCUT2D eigenvalue weighted by Gasteiger charge is -2.21. The molecule has 0 unspecified atom stereocenters. The number of nitrogens with one attached hydrogen (secondary N) is 1. The molecule has 14 heavy (non-hydrogen) atoms. The zero-order valence-corrected chi connectivity index (χ0v) is 9.78. The van der Waals surface area contributed by atoms with Gasteiger partial charge in [-0.3, -0.25) is 0 Å². The third kappa shape index (κ3) is 1.83. The Hall–Kier alpha value is -0.440. The summed E-state index contributed by atoms with van der Waals surface area (Å²) in [5.41, 5.74) is 1.71. The van der Waals surface area contributed by atoms with Crippen LogP contribution >= 0.6 is 11.8 Å². The molecule has 0 atom stereocenters. The molecule has 0 bridgehead atoms. The van der Waals surface area contributed by atoms with E-state index >= 15 is 0 Å². The van der Waals surface area contributed by atoms with Crippen LogP contribution < -0.4 is 0 Å². The maximum atomic E-state index is 4.40. The number of nitrogens with zero attached hydrogens (tertiary/aromatic N) is 1. The third-order valence-electron chi connectivity index (χ3n) is 3.19. The van der Waals surface area contributed by atoms with Crippen molar-refractivity contribution in [1.29, 1.82) is 0 Å². The summed E-state index contributed by atoms with van der Waals surface area (Å²) in [6.07, 6.45) is 7.39. The van der Waals surface area contributed by atoms with E-state index in [2.05, 4.69) is 23.8 Å². The summed E-state index contributed by atoms with van der Waals surface area (Å²) in [5.74, 6) is 1.09. The van der Waals surface area contributed by atoms with Crippen LogP contribution in [-0.2, 0) is 5.41 Å². The van der Waals surface area contributed by atoms with Crippen LogP contribution in [0.4, 0.5) is 0 Å². The van der Waals surface area contributed by atoms with Crippen molar-refractivity contribution in [1.82, 2.24) is 9.97 Å². The van der Waals surface area contributed by atoms with Crippen molar-refractivity contribution in [3.8, 4) is 0 Å². The van der Waals surface area contributed by atoms with Gasteiger partial charge in [0.15, 0.2) is 5.16 Å². The second kappa shape index (κ2) is 3.97. The fourth-order valence-electron chi connectivity index (χ4n) is 2.24. The van der Waals surface area contributed by atoms with E-state index in [9.17, 15) is 0 Å². The molecule has 1 aromatic heterocycles. The summed E-state index contributed by atoms with van der Waals surface area (Å²) >= 11 is 1.79. The molecule has 3 heteroatoms. The molecule has 1 aliphatic rings. The molecular weight excluding hydrogens is 192 g/mol. The summed E-state index contributed by atoms with van der Waals surface area (Å²) in [6.45, 7) is 4.51. The van der Waals surface area contributed by atoms with Crippen molar-refractivity contribution in [3.05, 3.63) is 11.9 Å². The highest BCUT2D eigenvalue weighted by Crippen LogP contribution is 2.40. The van der Waals surface area contributed by atoms with E-state index < -0.39 is 0 Å². The Morgan fingerprint density at radius 1 is 1.50 bits per heavy atom. The molecule has 0 aromatic carbocycles. The minimum Gasteiger partial charge on any atom is -0.336 e. The largest absolute Gasteiger partial charge is 0.336 e. The second-order valence-electron chi connectivity index (χ2n) is 4.30. The highest BCUT2D eigenvalue weighted by Gasteiger charge is 2.32. The van der Waals surface area contributed by atoms with E-state index in [0.29, 0.717) is 5.41 Å². The van der Waals surface area contributed by atoms with Crippen LogP contribution in [-0.4, -0.2) is 15.7 Å². The highest BCUT2D eigenvalue weighted by atomic mass is 32.2. The predicted molar refractivity (Wildman–Crippen MR) is 60.8 cm³/mol. The van der Waals surface area contributed by atoms with E-state index in [-0.39, 0.29) is 0 Å². The zero-order valence-electron chi connectivity index (χ0n) is 8.97. The van der Waals surface area contributed by atoms with Gasteiger partial charge in [-0.15, -0.1) is 0 Å². The van der Waals surface area contributed by atoms with Crippen molar-refractivity contribution >= 4 is 11.8 Å². The Morgan fingerprint density at radius 2 is 2.21 bits per heavy atom. The number of H-pyrrole nitrogens is 1. The van der Waals surface area contributed by atoms with E-state index in [1.807, 2.05) is 6.20 Å². The molecule has 0 saturated heterocycles. The standard InChI is InChI=1S/C11H18N2S/c1-3-14-10-12-8-9(13-10)11(2)6-4-5-7-11/h8H,3-7H2,1-2H3,(H,12,13). The summed E-state index contributed by atoms with van der Waals surface area (Å²) in [4.78, 5) is 7.85. The van der Waals surface area contributed by atoms with Crippen molar-refractivity contribution in [3.63, 3.8) is 0 Å². The van der Waals surface area contributed by atoms with Crippen LogP contribution in [0.5, 0.6) is 0 Å². The maximum Gasteiger partial charge on any atom is 0.165 e.